The minimum absolute atomic E-state index is 0. The summed E-state index contributed by atoms with van der Waals surface area (Å²) in [6.45, 7) is 4.44. The van der Waals surface area contributed by atoms with Crippen molar-refractivity contribution in [1.29, 1.82) is 0 Å². The number of nitrogens with zero attached hydrogens (tertiary/aromatic N) is 1. The Labute approximate surface area is 178 Å². The molecule has 2 aromatic carbocycles. The summed E-state index contributed by atoms with van der Waals surface area (Å²) in [6.07, 6.45) is 5.58. The number of hydrogen-bond donors (Lipinski definition) is 1. The quantitative estimate of drug-likeness (QED) is 0.595. The average Bonchev–Trinajstić information content (AvgIpc) is 3.33. The van der Waals surface area contributed by atoms with E-state index in [-0.39, 0.29) is 18.7 Å². The van der Waals surface area contributed by atoms with E-state index in [1.807, 2.05) is 67.7 Å². The molecule has 5 heteroatoms. The number of fused-ring (bicyclic) bond motifs is 1. The second-order valence-electron chi connectivity index (χ2n) is 7.64. The maximum absolute atomic E-state index is 12.1. The minimum Gasteiger partial charge on any atom is -0.454 e. The third-order valence-electron chi connectivity index (χ3n) is 5.29. The molecule has 1 aliphatic carbocycles. The number of amides is 1. The molecule has 2 aliphatic rings. The molecule has 1 fully saturated rings. The molecule has 5 nitrogen and oxygen atoms in total. The van der Waals surface area contributed by atoms with Gasteiger partial charge in [-0.05, 0) is 61.2 Å². The Morgan fingerprint density at radius 3 is 2.33 bits per heavy atom. The Hall–Kier alpha value is -3.34. The first-order valence-corrected chi connectivity index (χ1v) is 9.72. The highest BCUT2D eigenvalue weighted by molar-refractivity contribution is 5.97. The fourth-order valence-electron chi connectivity index (χ4n) is 3.07. The fraction of sp³-hybridized carbons (Fsp3) is 0.280. The van der Waals surface area contributed by atoms with Crippen molar-refractivity contribution < 1.29 is 14.3 Å². The molecule has 30 heavy (non-hydrogen) atoms. The first-order valence-electron chi connectivity index (χ1n) is 9.72. The van der Waals surface area contributed by atoms with Crippen LogP contribution < -0.4 is 14.8 Å². The number of benzene rings is 2. The molecule has 156 valence electrons. The molecule has 5 rings (SSSR count). The molecule has 0 bridgehead atoms. The lowest BCUT2D eigenvalue weighted by Gasteiger charge is -2.12. The lowest BCUT2D eigenvalue weighted by molar-refractivity contribution is -0.120. The number of ether oxygens (including phenoxy) is 2. The normalized spacial score (nSPS) is 14.6. The van der Waals surface area contributed by atoms with Gasteiger partial charge in [-0.1, -0.05) is 38.6 Å². The van der Waals surface area contributed by atoms with Gasteiger partial charge >= 0.3 is 0 Å². The van der Waals surface area contributed by atoms with Crippen LogP contribution in [-0.2, 0) is 4.79 Å². The van der Waals surface area contributed by atoms with Gasteiger partial charge in [0.25, 0.3) is 0 Å². The summed E-state index contributed by atoms with van der Waals surface area (Å²) >= 11 is 0. The number of rotatable bonds is 3. The number of hydrogen-bond acceptors (Lipinski definition) is 4. The van der Waals surface area contributed by atoms with E-state index in [9.17, 15) is 4.79 Å². The lowest BCUT2D eigenvalue weighted by atomic mass is 10.0. The van der Waals surface area contributed by atoms with E-state index < -0.39 is 0 Å². The number of para-hydroxylation sites is 2. The summed E-state index contributed by atoms with van der Waals surface area (Å²) in [5, 5.41) is 3.02. The molecule has 3 aromatic rings. The van der Waals surface area contributed by atoms with Gasteiger partial charge in [0.05, 0.1) is 0 Å². The van der Waals surface area contributed by atoms with Crippen molar-refractivity contribution >= 4 is 11.6 Å². The number of carbonyl (C=O) groups excluding carboxylic acids is 1. The molecule has 0 spiro atoms. The van der Waals surface area contributed by atoms with E-state index in [0.717, 1.165) is 41.2 Å². The molecular formula is C25H28N2O3. The predicted molar refractivity (Wildman–Crippen MR) is 120 cm³/mol. The molecular weight excluding hydrogens is 376 g/mol. The van der Waals surface area contributed by atoms with Crippen LogP contribution in [0, 0.1) is 12.3 Å². The van der Waals surface area contributed by atoms with Crippen LogP contribution in [0.2, 0.25) is 0 Å². The largest absolute Gasteiger partial charge is 0.454 e. The van der Waals surface area contributed by atoms with Crippen molar-refractivity contribution in [2.45, 2.75) is 34.1 Å². The van der Waals surface area contributed by atoms with Crippen molar-refractivity contribution in [3.63, 3.8) is 0 Å². The third kappa shape index (κ3) is 4.79. The summed E-state index contributed by atoms with van der Waals surface area (Å²) in [5.74, 6) is 1.81. The van der Waals surface area contributed by atoms with Gasteiger partial charge < -0.3 is 14.8 Å². The van der Waals surface area contributed by atoms with Crippen LogP contribution in [0.5, 0.6) is 11.5 Å². The van der Waals surface area contributed by atoms with Gasteiger partial charge in [0.15, 0.2) is 11.5 Å². The van der Waals surface area contributed by atoms with Crippen LogP contribution in [0.3, 0.4) is 0 Å². The van der Waals surface area contributed by atoms with Crippen LogP contribution in [0.15, 0.2) is 67.0 Å². The molecule has 1 N–H and O–H groups in total. The van der Waals surface area contributed by atoms with E-state index >= 15 is 0 Å². The monoisotopic (exact) mass is 404 g/mol. The molecule has 0 saturated heterocycles. The third-order valence-corrected chi connectivity index (χ3v) is 5.29. The number of carbonyl (C=O) groups is 1. The average molecular weight is 405 g/mol. The van der Waals surface area contributed by atoms with Crippen molar-refractivity contribution in [3.8, 4) is 22.6 Å². The molecule has 1 aromatic heterocycles. The molecule has 1 aliphatic heterocycles. The predicted octanol–water partition coefficient (Wildman–Crippen LogP) is 5.85. The van der Waals surface area contributed by atoms with Crippen LogP contribution in [-0.4, -0.2) is 17.7 Å². The number of pyridine rings is 1. The highest BCUT2D eigenvalue weighted by atomic mass is 16.7. The number of anilines is 1. The van der Waals surface area contributed by atoms with Crippen LogP contribution in [0.4, 0.5) is 5.69 Å². The van der Waals surface area contributed by atoms with Crippen molar-refractivity contribution in [2.24, 2.45) is 5.41 Å². The fourth-order valence-corrected chi connectivity index (χ4v) is 3.07. The van der Waals surface area contributed by atoms with Gasteiger partial charge in [-0.2, -0.15) is 0 Å². The van der Waals surface area contributed by atoms with Gasteiger partial charge in [-0.25, -0.2) is 0 Å². The van der Waals surface area contributed by atoms with Crippen LogP contribution >= 0.6 is 0 Å². The zero-order chi connectivity index (χ0) is 20.3. The van der Waals surface area contributed by atoms with Crippen molar-refractivity contribution in [3.05, 3.63) is 72.6 Å². The first-order chi connectivity index (χ1) is 14.0. The summed E-state index contributed by atoms with van der Waals surface area (Å²) in [6, 6.07) is 17.6. The number of nitrogens with one attached hydrogen (secondary N) is 1. The summed E-state index contributed by atoms with van der Waals surface area (Å²) in [4.78, 5) is 16.3. The van der Waals surface area contributed by atoms with Crippen LogP contribution in [0.25, 0.3) is 11.1 Å². The molecule has 0 atom stereocenters. The summed E-state index contributed by atoms with van der Waals surface area (Å²) in [7, 11) is 0. The molecule has 0 unspecified atom stereocenters. The topological polar surface area (TPSA) is 60.5 Å². The van der Waals surface area contributed by atoms with E-state index in [4.69, 9.17) is 9.47 Å². The van der Waals surface area contributed by atoms with Crippen LogP contribution in [0.1, 0.15) is 32.8 Å². The van der Waals surface area contributed by atoms with Gasteiger partial charge in [0.2, 0.25) is 12.7 Å². The molecule has 1 saturated carbocycles. The van der Waals surface area contributed by atoms with Gasteiger partial charge in [0, 0.05) is 29.1 Å². The van der Waals surface area contributed by atoms with Gasteiger partial charge in [-0.3, -0.25) is 9.78 Å². The minimum atomic E-state index is -0.153. The second-order valence-corrected chi connectivity index (χ2v) is 7.64. The summed E-state index contributed by atoms with van der Waals surface area (Å²) < 4.78 is 10.2. The highest BCUT2D eigenvalue weighted by Gasteiger charge is 2.44. The SMILES string of the molecule is C.Cc1ccc(NC(=O)C2(C)CC2)cc1-c1cccnc1.c1ccc2c(c1)OCO2. The zero-order valence-corrected chi connectivity index (χ0v) is 16.6. The maximum atomic E-state index is 12.1. The second kappa shape index (κ2) is 8.99. The van der Waals surface area contributed by atoms with E-state index in [2.05, 4.69) is 17.2 Å². The van der Waals surface area contributed by atoms with Gasteiger partial charge in [0.1, 0.15) is 0 Å². The molecule has 0 radical (unpaired) electrons. The first kappa shape index (κ1) is 21.4. The molecule has 2 heterocycles. The number of aromatic nitrogens is 1. The standard InChI is InChI=1S/C17H18N2O.C7H6O2.CH4/c1-12-5-6-14(19-16(20)17(2)7-8-17)10-15(12)13-4-3-9-18-11-13;1-2-4-7-6(3-1)8-5-9-7;/h3-6,9-11H,7-8H2,1-2H3,(H,19,20);1-4H,5H2;1H4. The van der Waals surface area contributed by atoms with Gasteiger partial charge in [-0.15, -0.1) is 0 Å². The highest BCUT2D eigenvalue weighted by Crippen LogP contribution is 2.45. The lowest BCUT2D eigenvalue weighted by Crippen LogP contribution is -2.21. The van der Waals surface area contributed by atoms with Crippen molar-refractivity contribution in [2.75, 3.05) is 12.1 Å². The maximum Gasteiger partial charge on any atom is 0.231 e. The molecule has 1 amide bonds. The van der Waals surface area contributed by atoms with Crippen molar-refractivity contribution in [1.82, 2.24) is 4.98 Å². The Morgan fingerprint density at radius 1 is 1.03 bits per heavy atom. The Morgan fingerprint density at radius 2 is 1.73 bits per heavy atom. The van der Waals surface area contributed by atoms with E-state index in [1.165, 1.54) is 5.56 Å². The zero-order valence-electron chi connectivity index (χ0n) is 16.6. The smallest absolute Gasteiger partial charge is 0.231 e. The summed E-state index contributed by atoms with van der Waals surface area (Å²) in [5.41, 5.74) is 4.05. The Bertz CT molecular complexity index is 991. The number of aryl methyl sites for hydroxylation is 1. The Kier molecular flexibility index (Phi) is 6.40. The van der Waals surface area contributed by atoms with E-state index in [0.29, 0.717) is 6.79 Å². The Balaban J connectivity index is 0.000000214. The van der Waals surface area contributed by atoms with E-state index in [1.54, 1.807) is 6.20 Å².